The summed E-state index contributed by atoms with van der Waals surface area (Å²) >= 11 is 11.5. The van der Waals surface area contributed by atoms with Crippen LogP contribution in [0.4, 0.5) is 0 Å². The van der Waals surface area contributed by atoms with Crippen LogP contribution >= 0.6 is 59.6 Å². The highest BCUT2D eigenvalue weighted by atomic mass is 79.9. The molecule has 2 N–H and O–H groups in total. The predicted octanol–water partition coefficient (Wildman–Crippen LogP) is 3.61. The molecule has 2 saturated heterocycles. The number of halogens is 3. The van der Waals surface area contributed by atoms with E-state index >= 15 is 0 Å². The molecule has 0 radical (unpaired) electrons. The van der Waals surface area contributed by atoms with Gasteiger partial charge in [-0.3, -0.25) is 9.59 Å². The fraction of sp³-hybridized carbons (Fsp3) is 0.438. The fourth-order valence-electron chi connectivity index (χ4n) is 3.40. The summed E-state index contributed by atoms with van der Waals surface area (Å²) in [5, 5.41) is 11.9. The number of hydrogen-bond acceptors (Lipinski definition) is 4. The van der Waals surface area contributed by atoms with Crippen molar-refractivity contribution in [3.63, 3.8) is 0 Å². The third kappa shape index (κ3) is 2.93. The first-order valence-corrected chi connectivity index (χ1v) is 10.9. The Kier molecular flexibility index (Phi) is 5.03. The van der Waals surface area contributed by atoms with E-state index < -0.39 is 33.6 Å². The number of carboxylic acid groups (broad SMARTS) is 1. The van der Waals surface area contributed by atoms with E-state index in [1.54, 1.807) is 32.9 Å². The van der Waals surface area contributed by atoms with Gasteiger partial charge < -0.3 is 15.3 Å². The van der Waals surface area contributed by atoms with E-state index in [4.69, 9.17) is 0 Å². The number of nitrogens with one attached hydrogen (secondary N) is 1. The summed E-state index contributed by atoms with van der Waals surface area (Å²) in [5.74, 6) is -1.83. The lowest BCUT2D eigenvalue weighted by Crippen LogP contribution is -2.78. The molecule has 1 unspecified atom stereocenters. The number of amides is 2. The second-order valence-electron chi connectivity index (χ2n) is 6.93. The van der Waals surface area contributed by atoms with Gasteiger partial charge in [0.05, 0.1) is 5.56 Å². The molecule has 1 aromatic carbocycles. The maximum atomic E-state index is 12.8. The van der Waals surface area contributed by atoms with Crippen LogP contribution in [0.1, 0.15) is 31.1 Å². The van der Waals surface area contributed by atoms with Gasteiger partial charge in [-0.15, -0.1) is 11.8 Å². The molecule has 2 fully saturated rings. The monoisotopic (exact) mass is 568 g/mol. The number of β-lactam (4-membered cyclic amide) rings is 1. The Hall–Kier alpha value is -0.580. The molecule has 26 heavy (non-hydrogen) atoms. The van der Waals surface area contributed by atoms with E-state index in [1.165, 1.54) is 16.7 Å². The molecule has 3 atom stereocenters. The van der Waals surface area contributed by atoms with Gasteiger partial charge >= 0.3 is 5.97 Å². The van der Waals surface area contributed by atoms with Crippen molar-refractivity contribution in [1.82, 2.24) is 10.2 Å². The molecule has 0 aliphatic carbocycles. The number of fused-ring (bicyclic) bond motifs is 1. The smallest absolute Gasteiger partial charge is 0.327 e. The first-order chi connectivity index (χ1) is 11.9. The number of carboxylic acids is 1. The fourth-order valence-corrected chi connectivity index (χ4v) is 7.66. The Morgan fingerprint density at radius 2 is 1.73 bits per heavy atom. The molecule has 3 rings (SSSR count). The minimum atomic E-state index is -1.16. The van der Waals surface area contributed by atoms with Gasteiger partial charge in [-0.1, -0.05) is 15.9 Å². The largest absolute Gasteiger partial charge is 0.480 e. The van der Waals surface area contributed by atoms with Crippen molar-refractivity contribution in [2.75, 3.05) is 0 Å². The molecule has 140 valence electrons. The first-order valence-electron chi connectivity index (χ1n) is 7.60. The van der Waals surface area contributed by atoms with Crippen molar-refractivity contribution < 1.29 is 19.5 Å². The van der Waals surface area contributed by atoms with Gasteiger partial charge in [0, 0.05) is 18.2 Å². The average molecular weight is 571 g/mol. The Balaban J connectivity index is 1.89. The molecule has 1 aromatic rings. The topological polar surface area (TPSA) is 86.7 Å². The van der Waals surface area contributed by atoms with Crippen LogP contribution in [0.15, 0.2) is 25.6 Å². The highest BCUT2D eigenvalue weighted by Gasteiger charge is 2.70. The second-order valence-corrected chi connectivity index (χ2v) is 11.3. The van der Waals surface area contributed by atoms with Crippen molar-refractivity contribution in [1.29, 1.82) is 0 Å². The third-order valence-corrected chi connectivity index (χ3v) is 8.08. The number of hydrogen-bond donors (Lipinski definition) is 2. The molecule has 2 heterocycles. The Morgan fingerprint density at radius 3 is 2.23 bits per heavy atom. The van der Waals surface area contributed by atoms with Crippen LogP contribution in [-0.4, -0.2) is 49.5 Å². The SMILES string of the molecule is CC1(C)S[C@H]2N(C(=O)C2(C)NC(=O)c2c(Br)cc(Br)cc2Br)[C@H]1C(=O)O. The zero-order valence-corrected chi connectivity index (χ0v) is 19.5. The maximum Gasteiger partial charge on any atom is 0.327 e. The number of nitrogens with zero attached hydrogens (tertiary/aromatic N) is 1. The summed E-state index contributed by atoms with van der Waals surface area (Å²) in [6, 6.07) is 2.57. The lowest BCUT2D eigenvalue weighted by Gasteiger charge is -2.51. The minimum Gasteiger partial charge on any atom is -0.480 e. The van der Waals surface area contributed by atoms with E-state index in [0.29, 0.717) is 14.5 Å². The lowest BCUT2D eigenvalue weighted by molar-refractivity contribution is -0.165. The van der Waals surface area contributed by atoms with Crippen molar-refractivity contribution in [3.8, 4) is 0 Å². The molecule has 2 aliphatic rings. The van der Waals surface area contributed by atoms with Crippen LogP contribution in [0.5, 0.6) is 0 Å². The normalized spacial score (nSPS) is 29.2. The van der Waals surface area contributed by atoms with Crippen LogP contribution in [0.3, 0.4) is 0 Å². The minimum absolute atomic E-state index is 0.373. The van der Waals surface area contributed by atoms with Crippen molar-refractivity contribution in [3.05, 3.63) is 31.1 Å². The van der Waals surface area contributed by atoms with Gasteiger partial charge in [0.15, 0.2) is 0 Å². The van der Waals surface area contributed by atoms with Crippen molar-refractivity contribution in [2.24, 2.45) is 0 Å². The standard InChI is InChI=1S/C16H15Br3N2O4S/c1-15(2)10(12(23)24)21-13(25)16(3,14(21)26-15)20-11(22)9-7(18)4-6(17)5-8(9)19/h4-5,10,14H,1-3H3,(H,20,22)(H,23,24)/t10-,14+,16?/m0/s1. The second kappa shape index (κ2) is 6.49. The number of thioether (sulfide) groups is 1. The van der Waals surface area contributed by atoms with E-state index in [1.807, 2.05) is 0 Å². The van der Waals surface area contributed by atoms with Gasteiger partial charge in [0.1, 0.15) is 17.0 Å². The summed E-state index contributed by atoms with van der Waals surface area (Å²) in [6.07, 6.45) is 0. The van der Waals surface area contributed by atoms with Crippen LogP contribution in [0.2, 0.25) is 0 Å². The molecular formula is C16H15Br3N2O4S. The summed E-state index contributed by atoms with van der Waals surface area (Å²) in [6.45, 7) is 5.24. The van der Waals surface area contributed by atoms with E-state index in [0.717, 1.165) is 4.47 Å². The Labute approximate surface area is 179 Å². The average Bonchev–Trinajstić information content (AvgIpc) is 2.75. The van der Waals surface area contributed by atoms with Crippen molar-refractivity contribution in [2.45, 2.75) is 42.5 Å². The number of benzene rings is 1. The predicted molar refractivity (Wildman–Crippen MR) is 109 cm³/mol. The van der Waals surface area contributed by atoms with Crippen LogP contribution < -0.4 is 5.32 Å². The van der Waals surface area contributed by atoms with Gasteiger partial charge in [-0.05, 0) is 64.8 Å². The maximum absolute atomic E-state index is 12.8. The van der Waals surface area contributed by atoms with E-state index in [2.05, 4.69) is 53.1 Å². The van der Waals surface area contributed by atoms with Gasteiger partial charge in [-0.25, -0.2) is 4.79 Å². The lowest BCUT2D eigenvalue weighted by atomic mass is 9.86. The number of carbonyl (C=O) groups excluding carboxylic acids is 2. The highest BCUT2D eigenvalue weighted by molar-refractivity contribution is 9.11. The zero-order valence-electron chi connectivity index (χ0n) is 14.0. The molecule has 0 spiro atoms. The van der Waals surface area contributed by atoms with Crippen LogP contribution in [0.25, 0.3) is 0 Å². The number of carbonyl (C=O) groups is 3. The van der Waals surface area contributed by atoms with Crippen molar-refractivity contribution >= 4 is 77.3 Å². The summed E-state index contributed by atoms with van der Waals surface area (Å²) in [7, 11) is 0. The summed E-state index contributed by atoms with van der Waals surface area (Å²) < 4.78 is 1.30. The van der Waals surface area contributed by atoms with Gasteiger partial charge in [0.25, 0.3) is 11.8 Å². The number of rotatable bonds is 3. The van der Waals surface area contributed by atoms with E-state index in [-0.39, 0.29) is 5.91 Å². The van der Waals surface area contributed by atoms with Crippen LogP contribution in [0, 0.1) is 0 Å². The molecule has 6 nitrogen and oxygen atoms in total. The molecule has 10 heteroatoms. The quantitative estimate of drug-likeness (QED) is 0.542. The number of aliphatic carboxylic acids is 1. The summed E-state index contributed by atoms with van der Waals surface area (Å²) in [4.78, 5) is 38.6. The summed E-state index contributed by atoms with van der Waals surface area (Å²) in [5.41, 5.74) is -0.785. The van der Waals surface area contributed by atoms with Gasteiger partial charge in [-0.2, -0.15) is 0 Å². The van der Waals surface area contributed by atoms with Gasteiger partial charge in [0.2, 0.25) is 0 Å². The first kappa shape index (κ1) is 20.2. The Morgan fingerprint density at radius 1 is 1.19 bits per heavy atom. The third-order valence-electron chi connectivity index (χ3n) is 4.62. The van der Waals surface area contributed by atoms with E-state index in [9.17, 15) is 19.5 Å². The molecule has 2 amide bonds. The molecular weight excluding hydrogens is 556 g/mol. The Bertz CT molecular complexity index is 824. The zero-order chi connectivity index (χ0) is 19.6. The molecule has 0 saturated carbocycles. The molecule has 0 aromatic heterocycles. The molecule has 2 aliphatic heterocycles. The molecule has 0 bridgehead atoms. The highest BCUT2D eigenvalue weighted by Crippen LogP contribution is 2.54. The van der Waals surface area contributed by atoms with Crippen LogP contribution in [-0.2, 0) is 9.59 Å².